The van der Waals surface area contributed by atoms with Crippen molar-refractivity contribution in [3.05, 3.63) is 48.3 Å². The van der Waals surface area contributed by atoms with Crippen LogP contribution in [-0.4, -0.2) is 45.9 Å². The van der Waals surface area contributed by atoms with E-state index in [4.69, 9.17) is 9.47 Å². The molecule has 1 heterocycles. The van der Waals surface area contributed by atoms with Crippen molar-refractivity contribution in [3.63, 3.8) is 0 Å². The first-order valence-electron chi connectivity index (χ1n) is 9.14. The van der Waals surface area contributed by atoms with Crippen molar-refractivity contribution in [1.82, 2.24) is 4.31 Å². The molecule has 1 aliphatic heterocycles. The molecule has 0 bridgehead atoms. The number of sulfonamides is 1. The Bertz CT molecular complexity index is 996. The molecule has 1 atom stereocenters. The van der Waals surface area contributed by atoms with E-state index in [2.05, 4.69) is 5.32 Å². The Balaban J connectivity index is 1.80. The highest BCUT2D eigenvalue weighted by Crippen LogP contribution is 2.31. The summed E-state index contributed by atoms with van der Waals surface area (Å²) in [6, 6.07) is 10.3. The number of methoxy groups -OCH3 is 2. The van der Waals surface area contributed by atoms with Gasteiger partial charge in [-0.05, 0) is 43.2 Å². The summed E-state index contributed by atoms with van der Waals surface area (Å²) in [4.78, 5) is 12.5. The van der Waals surface area contributed by atoms with Crippen LogP contribution >= 0.6 is 0 Å². The molecule has 9 heteroatoms. The molecule has 0 aliphatic carbocycles. The topological polar surface area (TPSA) is 84.9 Å². The Morgan fingerprint density at radius 2 is 1.86 bits per heavy atom. The monoisotopic (exact) mass is 422 g/mol. The molecule has 156 valence electrons. The number of amides is 1. The van der Waals surface area contributed by atoms with Crippen LogP contribution in [-0.2, 0) is 14.8 Å². The van der Waals surface area contributed by atoms with Crippen molar-refractivity contribution in [2.45, 2.75) is 17.7 Å². The van der Waals surface area contributed by atoms with Crippen molar-refractivity contribution < 1.29 is 27.1 Å². The van der Waals surface area contributed by atoms with Gasteiger partial charge in [0.1, 0.15) is 22.2 Å². The first-order chi connectivity index (χ1) is 13.9. The van der Waals surface area contributed by atoms with Gasteiger partial charge in [-0.1, -0.05) is 12.1 Å². The number of hydrogen-bond donors (Lipinski definition) is 1. The number of carbonyl (C=O) groups is 1. The molecule has 0 saturated carbocycles. The minimum atomic E-state index is -4.02. The number of benzene rings is 2. The second-order valence-corrected chi connectivity index (χ2v) is 8.59. The number of anilines is 1. The van der Waals surface area contributed by atoms with Crippen LogP contribution in [0.4, 0.5) is 10.1 Å². The predicted molar refractivity (Wildman–Crippen MR) is 106 cm³/mol. The molecule has 1 amide bonds. The van der Waals surface area contributed by atoms with Crippen LogP contribution in [0, 0.1) is 11.7 Å². The van der Waals surface area contributed by atoms with E-state index in [1.54, 1.807) is 24.3 Å². The highest BCUT2D eigenvalue weighted by atomic mass is 32.2. The van der Waals surface area contributed by atoms with E-state index in [9.17, 15) is 17.6 Å². The molecule has 3 rings (SSSR count). The molecule has 1 fully saturated rings. The van der Waals surface area contributed by atoms with Crippen molar-refractivity contribution in [3.8, 4) is 11.5 Å². The van der Waals surface area contributed by atoms with Gasteiger partial charge in [0.25, 0.3) is 0 Å². The van der Waals surface area contributed by atoms with E-state index in [1.807, 2.05) is 0 Å². The molecule has 1 N–H and O–H groups in total. The third-order valence-electron chi connectivity index (χ3n) is 4.86. The lowest BCUT2D eigenvalue weighted by Crippen LogP contribution is -2.43. The van der Waals surface area contributed by atoms with Gasteiger partial charge >= 0.3 is 0 Å². The number of ether oxygens (including phenoxy) is 2. The Labute approximate surface area is 169 Å². The van der Waals surface area contributed by atoms with Gasteiger partial charge in [0.15, 0.2) is 0 Å². The van der Waals surface area contributed by atoms with Crippen LogP contribution in [0.5, 0.6) is 11.5 Å². The van der Waals surface area contributed by atoms with Gasteiger partial charge in [0.05, 0.1) is 25.8 Å². The number of hydrogen-bond acceptors (Lipinski definition) is 5. The van der Waals surface area contributed by atoms with Gasteiger partial charge in [-0.3, -0.25) is 4.79 Å². The third-order valence-corrected chi connectivity index (χ3v) is 6.75. The number of rotatable bonds is 6. The first-order valence-corrected chi connectivity index (χ1v) is 10.6. The fourth-order valence-corrected chi connectivity index (χ4v) is 5.04. The van der Waals surface area contributed by atoms with Crippen LogP contribution in [0.25, 0.3) is 0 Å². The standard InChI is InChI=1S/C20H23FN2O5S/c1-27-17-8-4-3-7-16(17)22-20(24)14-6-5-11-23(13-14)29(25,26)19-12-15(21)9-10-18(19)28-2/h3-4,7-10,12,14H,5-6,11,13H2,1-2H3,(H,22,24)/t14-/m0/s1. The highest BCUT2D eigenvalue weighted by Gasteiger charge is 2.35. The van der Waals surface area contributed by atoms with Crippen molar-refractivity contribution in [1.29, 1.82) is 0 Å². The van der Waals surface area contributed by atoms with Crippen LogP contribution in [0.2, 0.25) is 0 Å². The van der Waals surface area contributed by atoms with Gasteiger partial charge in [0.2, 0.25) is 15.9 Å². The normalized spacial score (nSPS) is 17.6. The summed E-state index contributed by atoms with van der Waals surface area (Å²) in [6.45, 7) is 0.253. The Morgan fingerprint density at radius 3 is 2.59 bits per heavy atom. The second-order valence-electron chi connectivity index (χ2n) is 6.69. The molecule has 0 aromatic heterocycles. The summed E-state index contributed by atoms with van der Waals surface area (Å²) in [5.74, 6) is -0.923. The summed E-state index contributed by atoms with van der Waals surface area (Å²) >= 11 is 0. The van der Waals surface area contributed by atoms with Crippen LogP contribution in [0.15, 0.2) is 47.4 Å². The molecule has 1 saturated heterocycles. The van der Waals surface area contributed by atoms with Gasteiger partial charge in [-0.25, -0.2) is 12.8 Å². The largest absolute Gasteiger partial charge is 0.495 e. The minimum absolute atomic E-state index is 0.00296. The number of nitrogens with one attached hydrogen (secondary N) is 1. The quantitative estimate of drug-likeness (QED) is 0.774. The van der Waals surface area contributed by atoms with Crippen molar-refractivity contribution in [2.75, 3.05) is 32.6 Å². The van der Waals surface area contributed by atoms with E-state index in [0.29, 0.717) is 24.3 Å². The van der Waals surface area contributed by atoms with Gasteiger partial charge in [-0.2, -0.15) is 4.31 Å². The molecule has 2 aromatic carbocycles. The fourth-order valence-electron chi connectivity index (χ4n) is 3.35. The molecule has 0 spiro atoms. The summed E-state index contributed by atoms with van der Waals surface area (Å²) in [5, 5.41) is 2.80. The van der Waals surface area contributed by atoms with Gasteiger partial charge < -0.3 is 14.8 Å². The smallest absolute Gasteiger partial charge is 0.246 e. The lowest BCUT2D eigenvalue weighted by Gasteiger charge is -2.31. The first kappa shape index (κ1) is 21.1. The Kier molecular flexibility index (Phi) is 6.39. The molecular weight excluding hydrogens is 399 g/mol. The third kappa shape index (κ3) is 4.51. The SMILES string of the molecule is COc1ccccc1NC(=O)[C@H]1CCCN(S(=O)(=O)c2cc(F)ccc2OC)C1. The maximum atomic E-state index is 13.7. The number of halogens is 1. The van der Waals surface area contributed by atoms with Gasteiger partial charge in [0, 0.05) is 13.1 Å². The van der Waals surface area contributed by atoms with E-state index >= 15 is 0 Å². The summed E-state index contributed by atoms with van der Waals surface area (Å²) in [7, 11) is -1.18. The lowest BCUT2D eigenvalue weighted by molar-refractivity contribution is -0.120. The molecule has 0 unspecified atom stereocenters. The van der Waals surface area contributed by atoms with E-state index in [-0.39, 0.29) is 29.6 Å². The zero-order chi connectivity index (χ0) is 21.0. The van der Waals surface area contributed by atoms with E-state index in [0.717, 1.165) is 12.1 Å². The number of piperidine rings is 1. The summed E-state index contributed by atoms with van der Waals surface area (Å²) in [6.07, 6.45) is 1.06. The molecule has 0 radical (unpaired) electrons. The van der Waals surface area contributed by atoms with Crippen molar-refractivity contribution in [2.24, 2.45) is 5.92 Å². The molecular formula is C20H23FN2O5S. The number of nitrogens with zero attached hydrogens (tertiary/aromatic N) is 1. The number of carbonyl (C=O) groups excluding carboxylic acids is 1. The highest BCUT2D eigenvalue weighted by molar-refractivity contribution is 7.89. The van der Waals surface area contributed by atoms with Crippen LogP contribution in [0.3, 0.4) is 0 Å². The Morgan fingerprint density at radius 1 is 1.14 bits per heavy atom. The van der Waals surface area contributed by atoms with Crippen molar-refractivity contribution >= 4 is 21.6 Å². The average molecular weight is 422 g/mol. The number of para-hydroxylation sites is 2. The molecule has 2 aromatic rings. The van der Waals surface area contributed by atoms with E-state index in [1.165, 1.54) is 24.6 Å². The summed E-state index contributed by atoms with van der Waals surface area (Å²) < 4.78 is 51.4. The second kappa shape index (κ2) is 8.79. The zero-order valence-corrected chi connectivity index (χ0v) is 17.0. The van der Waals surface area contributed by atoms with Gasteiger partial charge in [-0.15, -0.1) is 0 Å². The fraction of sp³-hybridized carbons (Fsp3) is 0.350. The van der Waals surface area contributed by atoms with E-state index < -0.39 is 21.8 Å². The average Bonchev–Trinajstić information content (AvgIpc) is 2.74. The molecule has 7 nitrogen and oxygen atoms in total. The maximum absolute atomic E-state index is 13.7. The van der Waals surface area contributed by atoms with Crippen LogP contribution < -0.4 is 14.8 Å². The molecule has 1 aliphatic rings. The lowest BCUT2D eigenvalue weighted by atomic mass is 9.98. The predicted octanol–water partition coefficient (Wildman–Crippen LogP) is 2.88. The Hall–Kier alpha value is -2.65. The molecule has 29 heavy (non-hydrogen) atoms. The maximum Gasteiger partial charge on any atom is 0.246 e. The van der Waals surface area contributed by atoms with Crippen LogP contribution in [0.1, 0.15) is 12.8 Å². The minimum Gasteiger partial charge on any atom is -0.495 e. The zero-order valence-electron chi connectivity index (χ0n) is 16.2. The summed E-state index contributed by atoms with van der Waals surface area (Å²) in [5.41, 5.74) is 0.520.